The number of aryl methyl sites for hydroxylation is 4. The molecule has 232 valence electrons. The van der Waals surface area contributed by atoms with Crippen molar-refractivity contribution in [2.45, 2.75) is 71.6 Å². The smallest absolute Gasteiger partial charge is 0.338 e. The summed E-state index contributed by atoms with van der Waals surface area (Å²) in [6, 6.07) is 23.7. The number of amides is 1. The SMILES string of the molecule is CCOC(=O)C1(O[C@@H](c2cc3cc(CC(=O)N[C@@H](c4ccccc4)c4ccc(C)cc4C)ccc3o2)c2c(C)noc2C)CC1. The van der Waals surface area contributed by atoms with Gasteiger partial charge >= 0.3 is 5.97 Å². The van der Waals surface area contributed by atoms with Crippen LogP contribution in [0.4, 0.5) is 0 Å². The number of benzene rings is 3. The molecule has 45 heavy (non-hydrogen) atoms. The largest absolute Gasteiger partial charge is 0.464 e. The number of furan rings is 1. The Morgan fingerprint density at radius 1 is 0.978 bits per heavy atom. The van der Waals surface area contributed by atoms with Gasteiger partial charge in [0.15, 0.2) is 5.60 Å². The van der Waals surface area contributed by atoms with Crippen LogP contribution in [0.1, 0.15) is 82.5 Å². The summed E-state index contributed by atoms with van der Waals surface area (Å²) in [5.41, 5.74) is 6.25. The Balaban J connectivity index is 1.26. The third-order valence-corrected chi connectivity index (χ3v) is 8.44. The Labute approximate surface area is 262 Å². The van der Waals surface area contributed by atoms with Gasteiger partial charge in [0.1, 0.15) is 23.2 Å². The summed E-state index contributed by atoms with van der Waals surface area (Å²) < 4.78 is 23.6. The second-order valence-corrected chi connectivity index (χ2v) is 11.9. The standard InChI is InChI=1S/C37H38N2O6/c1-6-42-36(41)37(16-17-37)44-35(33-24(4)39-45-25(33)5)31-21-28-19-26(13-15-30(28)43-31)20-32(40)38-34(27-10-8-7-9-11-27)29-14-12-22(2)18-23(29)3/h7-15,18-19,21,34-35H,6,16-17,20H2,1-5H3,(H,38,40)/t34-,35-/m0/s1. The van der Waals surface area contributed by atoms with Gasteiger partial charge in [0.05, 0.1) is 30.3 Å². The lowest BCUT2D eigenvalue weighted by Crippen LogP contribution is -2.31. The van der Waals surface area contributed by atoms with Gasteiger partial charge < -0.3 is 23.7 Å². The first-order chi connectivity index (χ1) is 21.7. The zero-order chi connectivity index (χ0) is 31.7. The molecule has 8 heteroatoms. The maximum atomic E-state index is 13.5. The number of fused-ring (bicyclic) bond motifs is 1. The summed E-state index contributed by atoms with van der Waals surface area (Å²) in [5.74, 6) is 0.650. The minimum absolute atomic E-state index is 0.0889. The second kappa shape index (κ2) is 12.4. The van der Waals surface area contributed by atoms with Crippen LogP contribution in [0.2, 0.25) is 0 Å². The molecular weight excluding hydrogens is 568 g/mol. The van der Waals surface area contributed by atoms with Gasteiger partial charge in [-0.05, 0) is 87.9 Å². The van der Waals surface area contributed by atoms with Crippen molar-refractivity contribution in [3.05, 3.63) is 123 Å². The summed E-state index contributed by atoms with van der Waals surface area (Å²) in [6.07, 6.45) is 0.612. The molecule has 2 atom stereocenters. The minimum Gasteiger partial charge on any atom is -0.464 e. The number of carbonyl (C=O) groups excluding carboxylic acids is 2. The molecule has 0 radical (unpaired) electrons. The number of nitrogens with one attached hydrogen (secondary N) is 1. The molecule has 1 amide bonds. The molecule has 2 aromatic heterocycles. The Hall–Kier alpha value is -4.69. The molecule has 2 heterocycles. The van der Waals surface area contributed by atoms with Crippen molar-refractivity contribution in [3.8, 4) is 0 Å². The van der Waals surface area contributed by atoms with Crippen LogP contribution in [0, 0.1) is 27.7 Å². The molecule has 5 aromatic rings. The van der Waals surface area contributed by atoms with E-state index >= 15 is 0 Å². The molecule has 0 bridgehead atoms. The van der Waals surface area contributed by atoms with E-state index in [0.29, 0.717) is 35.6 Å². The lowest BCUT2D eigenvalue weighted by atomic mass is 9.93. The van der Waals surface area contributed by atoms with Gasteiger partial charge in [0.25, 0.3) is 0 Å². The van der Waals surface area contributed by atoms with Gasteiger partial charge in [-0.3, -0.25) is 4.79 Å². The summed E-state index contributed by atoms with van der Waals surface area (Å²) in [7, 11) is 0. The molecule has 1 aliphatic rings. The minimum atomic E-state index is -1.02. The van der Waals surface area contributed by atoms with Gasteiger partial charge in [-0.2, -0.15) is 0 Å². The molecule has 1 fully saturated rings. The topological polar surface area (TPSA) is 104 Å². The van der Waals surface area contributed by atoms with Gasteiger partial charge in [0, 0.05) is 5.39 Å². The number of hydrogen-bond acceptors (Lipinski definition) is 7. The van der Waals surface area contributed by atoms with E-state index in [1.54, 1.807) is 6.92 Å². The van der Waals surface area contributed by atoms with Crippen LogP contribution < -0.4 is 5.32 Å². The first-order valence-electron chi connectivity index (χ1n) is 15.4. The number of esters is 1. The van der Waals surface area contributed by atoms with Gasteiger partial charge in [0.2, 0.25) is 5.91 Å². The molecule has 8 nitrogen and oxygen atoms in total. The van der Waals surface area contributed by atoms with Crippen LogP contribution in [0.3, 0.4) is 0 Å². The number of nitrogens with zero attached hydrogens (tertiary/aromatic N) is 1. The lowest BCUT2D eigenvalue weighted by Gasteiger charge is -2.22. The van der Waals surface area contributed by atoms with E-state index in [2.05, 4.69) is 42.5 Å². The normalized spacial score (nSPS) is 15.0. The van der Waals surface area contributed by atoms with Crippen LogP contribution in [0.25, 0.3) is 11.0 Å². The van der Waals surface area contributed by atoms with Crippen LogP contribution >= 0.6 is 0 Å². The van der Waals surface area contributed by atoms with Crippen molar-refractivity contribution >= 4 is 22.8 Å². The van der Waals surface area contributed by atoms with Crippen molar-refractivity contribution < 1.29 is 28.0 Å². The van der Waals surface area contributed by atoms with E-state index in [9.17, 15) is 9.59 Å². The van der Waals surface area contributed by atoms with Gasteiger partial charge in [-0.25, -0.2) is 4.79 Å². The van der Waals surface area contributed by atoms with Crippen molar-refractivity contribution in [2.24, 2.45) is 0 Å². The Morgan fingerprint density at radius 2 is 1.76 bits per heavy atom. The summed E-state index contributed by atoms with van der Waals surface area (Å²) in [6.45, 7) is 9.85. The number of hydrogen-bond donors (Lipinski definition) is 1. The fraction of sp³-hybridized carbons (Fsp3) is 0.324. The fourth-order valence-corrected chi connectivity index (χ4v) is 5.98. The summed E-state index contributed by atoms with van der Waals surface area (Å²) in [5, 5.41) is 8.21. The van der Waals surface area contributed by atoms with E-state index in [4.69, 9.17) is 18.4 Å². The first kappa shape index (κ1) is 30.3. The highest BCUT2D eigenvalue weighted by Crippen LogP contribution is 2.47. The highest BCUT2D eigenvalue weighted by Gasteiger charge is 2.55. The average Bonchev–Trinajstić information content (AvgIpc) is 3.57. The predicted octanol–water partition coefficient (Wildman–Crippen LogP) is 7.30. The van der Waals surface area contributed by atoms with Crippen molar-refractivity contribution in [1.29, 1.82) is 0 Å². The molecule has 1 saturated carbocycles. The number of carbonyl (C=O) groups is 2. The molecule has 0 unspecified atom stereocenters. The fourth-order valence-electron chi connectivity index (χ4n) is 5.98. The van der Waals surface area contributed by atoms with E-state index < -0.39 is 11.7 Å². The predicted molar refractivity (Wildman–Crippen MR) is 170 cm³/mol. The maximum absolute atomic E-state index is 13.5. The van der Waals surface area contributed by atoms with Crippen molar-refractivity contribution in [3.63, 3.8) is 0 Å². The quantitative estimate of drug-likeness (QED) is 0.157. The van der Waals surface area contributed by atoms with Crippen LogP contribution in [-0.2, 0) is 25.5 Å². The zero-order valence-electron chi connectivity index (χ0n) is 26.3. The third-order valence-electron chi connectivity index (χ3n) is 8.44. The van der Waals surface area contributed by atoms with E-state index in [0.717, 1.165) is 33.2 Å². The Morgan fingerprint density at radius 3 is 2.42 bits per heavy atom. The third kappa shape index (κ3) is 6.28. The molecule has 6 rings (SSSR count). The number of ether oxygens (including phenoxy) is 2. The molecule has 3 aromatic carbocycles. The molecule has 1 N–H and O–H groups in total. The monoisotopic (exact) mass is 606 g/mol. The molecule has 0 aliphatic heterocycles. The summed E-state index contributed by atoms with van der Waals surface area (Å²) in [4.78, 5) is 26.3. The van der Waals surface area contributed by atoms with Crippen molar-refractivity contribution in [1.82, 2.24) is 10.5 Å². The van der Waals surface area contributed by atoms with Gasteiger partial charge in [-0.15, -0.1) is 0 Å². The Bertz CT molecular complexity index is 1830. The molecule has 0 spiro atoms. The highest BCUT2D eigenvalue weighted by molar-refractivity contribution is 5.84. The zero-order valence-corrected chi connectivity index (χ0v) is 26.3. The molecule has 0 saturated heterocycles. The lowest BCUT2D eigenvalue weighted by molar-refractivity contribution is -0.164. The second-order valence-electron chi connectivity index (χ2n) is 11.9. The maximum Gasteiger partial charge on any atom is 0.338 e. The molecule has 1 aliphatic carbocycles. The Kier molecular flexibility index (Phi) is 8.34. The van der Waals surface area contributed by atoms with Gasteiger partial charge in [-0.1, -0.05) is 65.3 Å². The van der Waals surface area contributed by atoms with Crippen LogP contribution in [0.5, 0.6) is 0 Å². The average molecular weight is 607 g/mol. The van der Waals surface area contributed by atoms with E-state index in [-0.39, 0.29) is 30.9 Å². The highest BCUT2D eigenvalue weighted by atomic mass is 16.6. The summed E-state index contributed by atoms with van der Waals surface area (Å²) >= 11 is 0. The first-order valence-corrected chi connectivity index (χ1v) is 15.4. The number of aromatic nitrogens is 1. The molecular formula is C37H38N2O6. The van der Waals surface area contributed by atoms with E-state index in [1.807, 2.05) is 68.4 Å². The van der Waals surface area contributed by atoms with Crippen LogP contribution in [0.15, 0.2) is 81.7 Å². The van der Waals surface area contributed by atoms with Crippen LogP contribution in [-0.4, -0.2) is 29.2 Å². The van der Waals surface area contributed by atoms with Crippen molar-refractivity contribution in [2.75, 3.05) is 6.61 Å². The van der Waals surface area contributed by atoms with E-state index in [1.165, 1.54) is 5.56 Å². The number of rotatable bonds is 11.